The predicted molar refractivity (Wildman–Crippen MR) is 94.2 cm³/mol. The molecule has 7 nitrogen and oxygen atoms in total. The van der Waals surface area contributed by atoms with E-state index in [1.165, 1.54) is 5.56 Å². The van der Waals surface area contributed by atoms with Gasteiger partial charge in [-0.3, -0.25) is 15.3 Å². The Morgan fingerprint density at radius 2 is 2.13 bits per heavy atom. The maximum absolute atomic E-state index is 7.17. The first kappa shape index (κ1) is 17.4. The smallest absolute Gasteiger partial charge is 0.231 e. The van der Waals surface area contributed by atoms with Crippen LogP contribution in [0, 0.1) is 5.41 Å². The normalized spacial score (nSPS) is 15.0. The zero-order valence-corrected chi connectivity index (χ0v) is 14.2. The van der Waals surface area contributed by atoms with Gasteiger partial charge < -0.3 is 20.9 Å². The second-order valence-electron chi connectivity index (χ2n) is 5.10. The van der Waals surface area contributed by atoms with Crippen molar-refractivity contribution < 1.29 is 9.47 Å². The number of ether oxygens (including phenoxy) is 2. The summed E-state index contributed by atoms with van der Waals surface area (Å²) in [5.41, 5.74) is 12.1. The van der Waals surface area contributed by atoms with Gasteiger partial charge in [0.2, 0.25) is 6.79 Å². The highest BCUT2D eigenvalue weighted by Gasteiger charge is 2.18. The molecule has 0 unspecified atom stereocenters. The number of nitrogens with two attached hydrogens (primary N) is 2. The van der Waals surface area contributed by atoms with Gasteiger partial charge in [0, 0.05) is 12.6 Å². The van der Waals surface area contributed by atoms with Crippen LogP contribution in [0.5, 0.6) is 11.5 Å². The van der Waals surface area contributed by atoms with E-state index in [9.17, 15) is 0 Å². The van der Waals surface area contributed by atoms with Gasteiger partial charge in [-0.2, -0.15) is 0 Å². The molecular weight excluding hydrogens is 314 g/mol. The van der Waals surface area contributed by atoms with Crippen molar-refractivity contribution in [1.29, 1.82) is 5.41 Å². The van der Waals surface area contributed by atoms with Gasteiger partial charge in [-0.25, -0.2) is 0 Å². The lowest BCUT2D eigenvalue weighted by molar-refractivity contribution is 0.173. The Bertz CT molecular complexity index is 593. The van der Waals surface area contributed by atoms with Gasteiger partial charge >= 0.3 is 0 Å². The third-order valence-electron chi connectivity index (χ3n) is 3.70. The molecule has 0 saturated carbocycles. The van der Waals surface area contributed by atoms with Gasteiger partial charge in [-0.05, 0) is 42.9 Å². The molecule has 8 heteroatoms. The first-order valence-corrected chi connectivity index (χ1v) is 8.28. The van der Waals surface area contributed by atoms with E-state index in [1.54, 1.807) is 0 Å². The van der Waals surface area contributed by atoms with Gasteiger partial charge in [0.25, 0.3) is 0 Å². The Balaban J connectivity index is 1.95. The van der Waals surface area contributed by atoms with E-state index in [2.05, 4.69) is 29.8 Å². The summed E-state index contributed by atoms with van der Waals surface area (Å²) >= 11 is 0.972. The largest absolute Gasteiger partial charge is 0.454 e. The van der Waals surface area contributed by atoms with Crippen LogP contribution in [0.15, 0.2) is 23.2 Å². The Labute approximate surface area is 140 Å². The average Bonchev–Trinajstić information content (AvgIpc) is 2.97. The molecule has 0 radical (unpaired) electrons. The lowest BCUT2D eigenvalue weighted by Crippen LogP contribution is -2.30. The zero-order chi connectivity index (χ0) is 16.8. The molecule has 0 fully saturated rings. The van der Waals surface area contributed by atoms with Crippen molar-refractivity contribution in [2.75, 3.05) is 26.4 Å². The number of fused-ring (bicyclic) bond motifs is 1. The molecule has 1 aromatic carbocycles. The Hall–Kier alpha value is -1.93. The quantitative estimate of drug-likeness (QED) is 0.539. The molecule has 2 rings (SSSR count). The van der Waals surface area contributed by atoms with E-state index < -0.39 is 0 Å². The fraction of sp³-hybridized carbons (Fsp3) is 0.467. The molecule has 1 heterocycles. The van der Waals surface area contributed by atoms with E-state index in [4.69, 9.17) is 26.4 Å². The fourth-order valence-electron chi connectivity index (χ4n) is 2.44. The number of amidine groups is 2. The molecule has 0 aliphatic carbocycles. The molecule has 0 aromatic heterocycles. The summed E-state index contributed by atoms with van der Waals surface area (Å²) in [6, 6.07) is 6.26. The van der Waals surface area contributed by atoms with Crippen molar-refractivity contribution in [3.8, 4) is 11.5 Å². The molecule has 1 aliphatic heterocycles. The van der Waals surface area contributed by atoms with E-state index in [0.717, 1.165) is 36.4 Å². The zero-order valence-electron chi connectivity index (χ0n) is 13.4. The van der Waals surface area contributed by atoms with Gasteiger partial charge in [0.05, 0.1) is 6.54 Å². The van der Waals surface area contributed by atoms with Crippen molar-refractivity contribution in [2.24, 2.45) is 16.5 Å². The Morgan fingerprint density at radius 1 is 1.39 bits per heavy atom. The van der Waals surface area contributed by atoms with Gasteiger partial charge in [-0.15, -0.1) is 0 Å². The number of benzene rings is 1. The fourth-order valence-corrected chi connectivity index (χ4v) is 2.82. The van der Waals surface area contributed by atoms with Crippen LogP contribution in [0.2, 0.25) is 0 Å². The molecule has 0 spiro atoms. The van der Waals surface area contributed by atoms with Gasteiger partial charge in [-0.1, -0.05) is 13.0 Å². The molecule has 1 atom stereocenters. The summed E-state index contributed by atoms with van der Waals surface area (Å²) in [5, 5.41) is 7.44. The van der Waals surface area contributed by atoms with Crippen LogP contribution in [-0.4, -0.2) is 41.7 Å². The third-order valence-corrected chi connectivity index (χ3v) is 4.26. The van der Waals surface area contributed by atoms with E-state index in [1.807, 2.05) is 12.1 Å². The number of hydrogen-bond acceptors (Lipinski definition) is 6. The molecule has 1 aromatic rings. The van der Waals surface area contributed by atoms with Crippen LogP contribution < -0.4 is 20.9 Å². The van der Waals surface area contributed by atoms with E-state index in [-0.39, 0.29) is 18.0 Å². The van der Waals surface area contributed by atoms with Crippen LogP contribution in [-0.2, 0) is 0 Å². The highest BCUT2D eigenvalue weighted by Crippen LogP contribution is 2.35. The van der Waals surface area contributed by atoms with Crippen molar-refractivity contribution in [3.05, 3.63) is 23.8 Å². The number of hydrogen-bond donors (Lipinski definition) is 3. The maximum Gasteiger partial charge on any atom is 0.231 e. The molecule has 23 heavy (non-hydrogen) atoms. The number of aliphatic imine (C=N–C) groups is 1. The molecule has 0 bridgehead atoms. The second-order valence-corrected chi connectivity index (χ2v) is 6.17. The summed E-state index contributed by atoms with van der Waals surface area (Å²) in [5.74, 6) is 1.59. The van der Waals surface area contributed by atoms with Crippen LogP contribution in [0.25, 0.3) is 0 Å². The van der Waals surface area contributed by atoms with E-state index in [0.29, 0.717) is 11.7 Å². The number of nitrogens with one attached hydrogen (secondary N) is 1. The number of likely N-dealkylation sites (N-methyl/N-ethyl adjacent to an activating group) is 1. The van der Waals surface area contributed by atoms with Crippen LogP contribution in [0.3, 0.4) is 0 Å². The minimum absolute atomic E-state index is 0.0488. The highest BCUT2D eigenvalue weighted by molar-refractivity contribution is 8.26. The van der Waals surface area contributed by atoms with Crippen LogP contribution in [0.1, 0.15) is 25.5 Å². The van der Waals surface area contributed by atoms with Gasteiger partial charge in [0.1, 0.15) is 0 Å². The number of rotatable bonds is 6. The van der Waals surface area contributed by atoms with Crippen LogP contribution in [0.4, 0.5) is 0 Å². The van der Waals surface area contributed by atoms with Crippen molar-refractivity contribution in [1.82, 2.24) is 4.90 Å². The molecule has 5 N–H and O–H groups in total. The Morgan fingerprint density at radius 3 is 2.83 bits per heavy atom. The van der Waals surface area contributed by atoms with Crippen LogP contribution >= 0.6 is 11.8 Å². The molecule has 0 saturated heterocycles. The summed E-state index contributed by atoms with van der Waals surface area (Å²) in [4.78, 5) is 6.53. The first-order chi connectivity index (χ1) is 11.0. The molecule has 1 aliphatic rings. The minimum Gasteiger partial charge on any atom is -0.454 e. The van der Waals surface area contributed by atoms with E-state index >= 15 is 0 Å². The van der Waals surface area contributed by atoms with Crippen molar-refractivity contribution in [3.63, 3.8) is 0 Å². The first-order valence-electron chi connectivity index (χ1n) is 7.46. The topological polar surface area (TPSA) is 110 Å². The summed E-state index contributed by atoms with van der Waals surface area (Å²) in [6.07, 6.45) is 0. The minimum atomic E-state index is -0.0488. The molecule has 126 valence electrons. The standard InChI is InChI=1S/C15H23N5O2S/c1-3-20(7-6-19-15(18)23-14(16)17)10(2)11-4-5-12-13(8-11)22-9-21-12/h4-5,8,10H,3,6-7,9H2,1-2H3,(H3,16,17)(H2,18,19)/t10-/m0/s1. The second kappa shape index (κ2) is 8.07. The van der Waals surface area contributed by atoms with Gasteiger partial charge in [0.15, 0.2) is 21.8 Å². The average molecular weight is 337 g/mol. The summed E-state index contributed by atoms with van der Waals surface area (Å²) in [7, 11) is 0. The Kier molecular flexibility index (Phi) is 6.12. The molecule has 0 amide bonds. The SMILES string of the molecule is CCN(CCN=C(N)SC(=N)N)[C@@H](C)c1ccc2c(c1)OCO2. The van der Waals surface area contributed by atoms with Crippen molar-refractivity contribution >= 4 is 22.1 Å². The number of thioether (sulfide) groups is 1. The predicted octanol–water partition coefficient (Wildman–Crippen LogP) is 1.74. The maximum atomic E-state index is 7.17. The summed E-state index contributed by atoms with van der Waals surface area (Å²) in [6.45, 7) is 6.77. The lowest BCUT2D eigenvalue weighted by Gasteiger charge is -2.27. The van der Waals surface area contributed by atoms with Crippen molar-refractivity contribution in [2.45, 2.75) is 19.9 Å². The molecular formula is C15H23N5O2S. The number of nitrogens with zero attached hydrogens (tertiary/aromatic N) is 2. The highest BCUT2D eigenvalue weighted by atomic mass is 32.2. The summed E-state index contributed by atoms with van der Waals surface area (Å²) < 4.78 is 10.8. The lowest BCUT2D eigenvalue weighted by atomic mass is 10.1. The third kappa shape index (κ3) is 4.77. The monoisotopic (exact) mass is 337 g/mol.